The van der Waals surface area contributed by atoms with Crippen molar-refractivity contribution in [1.29, 1.82) is 0 Å². The second-order valence-electron chi connectivity index (χ2n) is 7.81. The largest absolute Gasteiger partial charge is 0.481 e. The minimum Gasteiger partial charge on any atom is -0.481 e. The molecule has 1 aliphatic rings. The summed E-state index contributed by atoms with van der Waals surface area (Å²) >= 11 is 12.2. The van der Waals surface area contributed by atoms with E-state index >= 15 is 0 Å². The van der Waals surface area contributed by atoms with E-state index in [9.17, 15) is 18.0 Å². The molecule has 2 nitrogen and oxygen atoms in total. The zero-order chi connectivity index (χ0) is 22.1. The summed E-state index contributed by atoms with van der Waals surface area (Å²) in [4.78, 5) is 11.0. The van der Waals surface area contributed by atoms with Gasteiger partial charge in [0.2, 0.25) is 0 Å². The fourth-order valence-corrected chi connectivity index (χ4v) is 4.06. The lowest BCUT2D eigenvalue weighted by molar-refractivity contribution is -0.146. The molecule has 0 saturated heterocycles. The predicted molar refractivity (Wildman–Crippen MR) is 113 cm³/mol. The summed E-state index contributed by atoms with van der Waals surface area (Å²) in [7, 11) is 0. The maximum absolute atomic E-state index is 13.7. The number of benzene rings is 2. The Labute approximate surface area is 183 Å². The van der Waals surface area contributed by atoms with E-state index in [4.69, 9.17) is 28.3 Å². The normalized spacial score (nSPS) is 20.2. The molecule has 2 aromatic carbocycles. The van der Waals surface area contributed by atoms with Gasteiger partial charge in [0.15, 0.2) is 0 Å². The standard InChI is InChI=1S/C23H21Cl2F3O2/c1-13-8-16(4-7-20(13)24)19(23(26,27)28)5-2-14-3-6-21(25)17(9-14)10-15-11-18(12-15)22(29)30/h2-9,15,18-19H,10-12H2,1H3,(H,29,30). The highest BCUT2D eigenvalue weighted by Gasteiger charge is 2.39. The third kappa shape index (κ3) is 5.38. The molecular weight excluding hydrogens is 436 g/mol. The van der Waals surface area contributed by atoms with Gasteiger partial charge in [0.05, 0.1) is 11.8 Å². The van der Waals surface area contributed by atoms with Crippen LogP contribution in [0.15, 0.2) is 42.5 Å². The van der Waals surface area contributed by atoms with Gasteiger partial charge in [-0.05, 0) is 66.5 Å². The lowest BCUT2D eigenvalue weighted by atomic mass is 9.72. The molecule has 0 bridgehead atoms. The van der Waals surface area contributed by atoms with Crippen LogP contribution >= 0.6 is 23.2 Å². The maximum atomic E-state index is 13.7. The predicted octanol–water partition coefficient (Wildman–Crippen LogP) is 7.31. The van der Waals surface area contributed by atoms with Gasteiger partial charge >= 0.3 is 12.1 Å². The minimum atomic E-state index is -4.44. The fraction of sp³-hybridized carbons (Fsp3) is 0.348. The zero-order valence-electron chi connectivity index (χ0n) is 16.2. The molecule has 0 radical (unpaired) electrons. The van der Waals surface area contributed by atoms with Crippen molar-refractivity contribution in [2.24, 2.45) is 11.8 Å². The maximum Gasteiger partial charge on any atom is 0.399 e. The van der Waals surface area contributed by atoms with Crippen LogP contribution in [0.2, 0.25) is 10.0 Å². The quantitative estimate of drug-likeness (QED) is 0.494. The van der Waals surface area contributed by atoms with Gasteiger partial charge in [-0.3, -0.25) is 4.79 Å². The van der Waals surface area contributed by atoms with Gasteiger partial charge in [-0.15, -0.1) is 0 Å². The van der Waals surface area contributed by atoms with Gasteiger partial charge in [0, 0.05) is 10.0 Å². The van der Waals surface area contributed by atoms with E-state index in [-0.39, 0.29) is 17.4 Å². The number of allylic oxidation sites excluding steroid dienone is 1. The minimum absolute atomic E-state index is 0.129. The van der Waals surface area contributed by atoms with Gasteiger partial charge in [-0.25, -0.2) is 0 Å². The molecule has 0 aliphatic heterocycles. The number of carbonyl (C=O) groups is 1. The molecule has 0 amide bonds. The Kier molecular flexibility index (Phi) is 6.83. The number of hydrogen-bond donors (Lipinski definition) is 1. The molecule has 3 rings (SSSR count). The van der Waals surface area contributed by atoms with E-state index in [1.807, 2.05) is 0 Å². The van der Waals surface area contributed by atoms with Crippen LogP contribution in [0.3, 0.4) is 0 Å². The van der Waals surface area contributed by atoms with Crippen LogP contribution in [0, 0.1) is 18.8 Å². The summed E-state index contributed by atoms with van der Waals surface area (Å²) in [5.41, 5.74) is 2.15. The first kappa shape index (κ1) is 22.7. The first-order valence-electron chi connectivity index (χ1n) is 9.56. The van der Waals surface area contributed by atoms with Gasteiger partial charge in [-0.2, -0.15) is 13.2 Å². The molecule has 0 spiro atoms. The van der Waals surface area contributed by atoms with Gasteiger partial charge < -0.3 is 5.11 Å². The van der Waals surface area contributed by atoms with Gasteiger partial charge in [0.1, 0.15) is 0 Å². The lowest BCUT2D eigenvalue weighted by Crippen LogP contribution is -2.31. The SMILES string of the molecule is Cc1cc(C(C=Cc2ccc(Cl)c(CC3CC(C(=O)O)C3)c2)C(F)(F)F)ccc1Cl. The van der Waals surface area contributed by atoms with Crippen molar-refractivity contribution < 1.29 is 23.1 Å². The Morgan fingerprint density at radius 1 is 1.17 bits per heavy atom. The number of rotatable bonds is 6. The molecule has 30 heavy (non-hydrogen) atoms. The third-order valence-electron chi connectivity index (χ3n) is 5.54. The van der Waals surface area contributed by atoms with E-state index in [1.54, 1.807) is 25.1 Å². The van der Waals surface area contributed by atoms with Crippen LogP contribution < -0.4 is 0 Å². The number of halogens is 5. The van der Waals surface area contributed by atoms with Crippen molar-refractivity contribution in [3.05, 3.63) is 74.8 Å². The number of aliphatic carboxylic acids is 1. The van der Waals surface area contributed by atoms with Crippen LogP contribution in [0.5, 0.6) is 0 Å². The Morgan fingerprint density at radius 2 is 1.83 bits per heavy atom. The van der Waals surface area contributed by atoms with Crippen molar-refractivity contribution in [2.45, 2.75) is 38.3 Å². The first-order chi connectivity index (χ1) is 14.0. The van der Waals surface area contributed by atoms with Crippen molar-refractivity contribution >= 4 is 35.2 Å². The summed E-state index contributed by atoms with van der Waals surface area (Å²) in [6.45, 7) is 1.67. The fourth-order valence-electron chi connectivity index (χ4n) is 3.75. The van der Waals surface area contributed by atoms with Gasteiger partial charge in [-0.1, -0.05) is 59.6 Å². The third-order valence-corrected chi connectivity index (χ3v) is 6.33. The summed E-state index contributed by atoms with van der Waals surface area (Å²) in [6.07, 6.45) is -0.0506. The van der Waals surface area contributed by atoms with E-state index in [1.165, 1.54) is 24.3 Å². The number of carboxylic acids is 1. The van der Waals surface area contributed by atoms with Crippen molar-refractivity contribution in [2.75, 3.05) is 0 Å². The topological polar surface area (TPSA) is 37.3 Å². The Balaban J connectivity index is 1.79. The van der Waals surface area contributed by atoms with Crippen molar-refractivity contribution in [3.63, 3.8) is 0 Å². The Bertz CT molecular complexity index is 963. The highest BCUT2D eigenvalue weighted by atomic mass is 35.5. The highest BCUT2D eigenvalue weighted by molar-refractivity contribution is 6.31. The Hall–Kier alpha value is -1.98. The molecule has 7 heteroatoms. The number of carboxylic acid groups (broad SMARTS) is 1. The molecule has 0 aromatic heterocycles. The lowest BCUT2D eigenvalue weighted by Gasteiger charge is -2.32. The number of alkyl halides is 3. The van der Waals surface area contributed by atoms with E-state index in [0.29, 0.717) is 40.4 Å². The van der Waals surface area contributed by atoms with E-state index < -0.39 is 18.1 Å². The molecule has 1 N–H and O–H groups in total. The van der Waals surface area contributed by atoms with Crippen molar-refractivity contribution in [1.82, 2.24) is 0 Å². The molecule has 1 unspecified atom stereocenters. The van der Waals surface area contributed by atoms with Crippen molar-refractivity contribution in [3.8, 4) is 0 Å². The zero-order valence-corrected chi connectivity index (χ0v) is 17.7. The summed E-state index contributed by atoms with van der Waals surface area (Å²) in [5, 5.41) is 9.95. The molecule has 0 heterocycles. The molecule has 2 aromatic rings. The average Bonchev–Trinajstić information content (AvgIpc) is 2.61. The summed E-state index contributed by atoms with van der Waals surface area (Å²) in [6, 6.07) is 9.42. The van der Waals surface area contributed by atoms with Crippen LogP contribution in [-0.4, -0.2) is 17.3 Å². The molecule has 1 aliphatic carbocycles. The smallest absolute Gasteiger partial charge is 0.399 e. The second-order valence-corrected chi connectivity index (χ2v) is 8.63. The highest BCUT2D eigenvalue weighted by Crippen LogP contribution is 2.39. The average molecular weight is 457 g/mol. The second kappa shape index (κ2) is 9.03. The van der Waals surface area contributed by atoms with Crippen LogP contribution in [0.4, 0.5) is 13.2 Å². The Morgan fingerprint density at radius 3 is 2.43 bits per heavy atom. The van der Waals surface area contributed by atoms with Crippen LogP contribution in [0.1, 0.15) is 41.0 Å². The number of hydrogen-bond acceptors (Lipinski definition) is 1. The van der Waals surface area contributed by atoms with E-state index in [0.717, 1.165) is 11.6 Å². The first-order valence-corrected chi connectivity index (χ1v) is 10.3. The molecule has 160 valence electrons. The monoisotopic (exact) mass is 456 g/mol. The summed E-state index contributed by atoms with van der Waals surface area (Å²) in [5.74, 6) is -2.63. The van der Waals surface area contributed by atoms with Crippen LogP contribution in [-0.2, 0) is 11.2 Å². The molecule has 1 saturated carbocycles. The summed E-state index contributed by atoms with van der Waals surface area (Å²) < 4.78 is 41.0. The molecule has 1 atom stereocenters. The number of aryl methyl sites for hydroxylation is 1. The molecule has 1 fully saturated rings. The van der Waals surface area contributed by atoms with Gasteiger partial charge in [0.25, 0.3) is 0 Å². The molecular formula is C23H21Cl2F3O2. The van der Waals surface area contributed by atoms with Crippen LogP contribution in [0.25, 0.3) is 6.08 Å². The van der Waals surface area contributed by atoms with E-state index in [2.05, 4.69) is 0 Å².